The number of hydrogen-bond acceptors (Lipinski definition) is 5. The zero-order valence-electron chi connectivity index (χ0n) is 12.5. The van der Waals surface area contributed by atoms with Gasteiger partial charge in [0.25, 0.3) is 0 Å². The molecule has 1 aromatic rings. The van der Waals surface area contributed by atoms with E-state index in [4.69, 9.17) is 4.74 Å². The number of nitriles is 1. The third kappa shape index (κ3) is 3.02. The topological polar surface area (TPSA) is 52.4 Å². The average Bonchev–Trinajstić information content (AvgIpc) is 2.48. The van der Waals surface area contributed by atoms with Crippen LogP contribution in [0, 0.1) is 11.3 Å². The second-order valence-electron chi connectivity index (χ2n) is 5.40. The van der Waals surface area contributed by atoms with E-state index in [-0.39, 0.29) is 0 Å². The quantitative estimate of drug-likeness (QED) is 0.839. The summed E-state index contributed by atoms with van der Waals surface area (Å²) >= 11 is 0. The van der Waals surface area contributed by atoms with Gasteiger partial charge in [-0.25, -0.2) is 4.98 Å². The fourth-order valence-electron chi connectivity index (χ4n) is 2.44. The van der Waals surface area contributed by atoms with Gasteiger partial charge in [0.15, 0.2) is 11.6 Å². The molecule has 0 bridgehead atoms. The van der Waals surface area contributed by atoms with Crippen LogP contribution >= 0.6 is 0 Å². The smallest absolute Gasteiger partial charge is 0.171 e. The molecule has 2 rings (SSSR count). The van der Waals surface area contributed by atoms with E-state index in [1.54, 1.807) is 6.20 Å². The number of hydrogen-bond donors (Lipinski definition) is 0. The van der Waals surface area contributed by atoms with E-state index in [1.165, 1.54) is 0 Å². The van der Waals surface area contributed by atoms with Crippen molar-refractivity contribution in [3.8, 4) is 11.8 Å². The fraction of sp³-hybridized carbons (Fsp3) is 0.600. The summed E-state index contributed by atoms with van der Waals surface area (Å²) in [6.45, 7) is 10.0. The first-order valence-corrected chi connectivity index (χ1v) is 7.07. The van der Waals surface area contributed by atoms with E-state index < -0.39 is 5.54 Å². The Balaban J connectivity index is 2.06. The Labute approximate surface area is 120 Å². The summed E-state index contributed by atoms with van der Waals surface area (Å²) in [6, 6.07) is 6.21. The Kier molecular flexibility index (Phi) is 4.46. The van der Waals surface area contributed by atoms with E-state index in [1.807, 2.05) is 32.9 Å². The number of piperazine rings is 1. The first kappa shape index (κ1) is 14.6. The third-order valence-corrected chi connectivity index (χ3v) is 3.69. The summed E-state index contributed by atoms with van der Waals surface area (Å²) in [5, 5.41) is 9.21. The average molecular weight is 274 g/mol. The Hall–Kier alpha value is -1.80. The number of pyridine rings is 1. The van der Waals surface area contributed by atoms with Crippen LogP contribution in [-0.2, 0) is 0 Å². The lowest BCUT2D eigenvalue weighted by molar-refractivity contribution is 0.157. The van der Waals surface area contributed by atoms with E-state index in [9.17, 15) is 5.26 Å². The molecule has 2 heterocycles. The third-order valence-electron chi connectivity index (χ3n) is 3.69. The lowest BCUT2D eigenvalue weighted by Gasteiger charge is -2.41. The minimum atomic E-state index is -0.404. The summed E-state index contributed by atoms with van der Waals surface area (Å²) in [7, 11) is 0. The molecule has 0 unspecified atom stereocenters. The van der Waals surface area contributed by atoms with Crippen molar-refractivity contribution < 1.29 is 4.74 Å². The minimum absolute atomic E-state index is 0.404. The molecular formula is C15H22N4O. The summed E-state index contributed by atoms with van der Waals surface area (Å²) < 4.78 is 5.64. The summed E-state index contributed by atoms with van der Waals surface area (Å²) in [5.74, 6) is 1.74. The molecule has 0 saturated carbocycles. The first-order chi connectivity index (χ1) is 9.58. The molecular weight excluding hydrogens is 252 g/mol. The normalized spacial score (nSPS) is 16.8. The molecule has 1 fully saturated rings. The molecule has 0 aromatic carbocycles. The number of ether oxygens (including phenoxy) is 1. The molecule has 5 heteroatoms. The van der Waals surface area contributed by atoms with Crippen LogP contribution < -0.4 is 9.64 Å². The zero-order valence-corrected chi connectivity index (χ0v) is 12.5. The van der Waals surface area contributed by atoms with Crippen molar-refractivity contribution in [2.45, 2.75) is 26.3 Å². The predicted molar refractivity (Wildman–Crippen MR) is 78.9 cm³/mol. The number of nitrogens with zero attached hydrogens (tertiary/aromatic N) is 4. The molecule has 1 aromatic heterocycles. The minimum Gasteiger partial charge on any atom is -0.490 e. The lowest BCUT2D eigenvalue weighted by atomic mass is 10.0. The highest BCUT2D eigenvalue weighted by Crippen LogP contribution is 2.27. The molecule has 0 aliphatic carbocycles. The van der Waals surface area contributed by atoms with Crippen LogP contribution in [0.4, 0.5) is 5.82 Å². The SMILES string of the molecule is CCOc1cccnc1N1CCN(C(C)(C)C#N)CC1. The summed E-state index contributed by atoms with van der Waals surface area (Å²) in [4.78, 5) is 8.89. The summed E-state index contributed by atoms with van der Waals surface area (Å²) in [5.41, 5.74) is -0.404. The molecule has 0 radical (unpaired) electrons. The highest BCUT2D eigenvalue weighted by Gasteiger charge is 2.30. The van der Waals surface area contributed by atoms with Gasteiger partial charge in [-0.3, -0.25) is 4.90 Å². The van der Waals surface area contributed by atoms with Gasteiger partial charge in [-0.15, -0.1) is 0 Å². The van der Waals surface area contributed by atoms with Crippen molar-refractivity contribution >= 4 is 5.82 Å². The van der Waals surface area contributed by atoms with Gasteiger partial charge in [0.05, 0.1) is 12.7 Å². The fourth-order valence-corrected chi connectivity index (χ4v) is 2.44. The van der Waals surface area contributed by atoms with Crippen molar-refractivity contribution in [1.82, 2.24) is 9.88 Å². The van der Waals surface area contributed by atoms with Gasteiger partial charge in [-0.2, -0.15) is 5.26 Å². The molecule has 0 spiro atoms. The van der Waals surface area contributed by atoms with Crippen molar-refractivity contribution in [2.75, 3.05) is 37.7 Å². The predicted octanol–water partition coefficient (Wildman–Crippen LogP) is 1.90. The molecule has 1 aliphatic rings. The van der Waals surface area contributed by atoms with E-state index in [0.29, 0.717) is 6.61 Å². The Morgan fingerprint density at radius 3 is 2.65 bits per heavy atom. The van der Waals surface area contributed by atoms with Crippen LogP contribution in [0.3, 0.4) is 0 Å². The monoisotopic (exact) mass is 274 g/mol. The molecule has 1 saturated heterocycles. The largest absolute Gasteiger partial charge is 0.490 e. The van der Waals surface area contributed by atoms with Crippen molar-refractivity contribution in [3.05, 3.63) is 18.3 Å². The highest BCUT2D eigenvalue weighted by molar-refractivity contribution is 5.52. The molecule has 0 atom stereocenters. The van der Waals surface area contributed by atoms with Gasteiger partial charge >= 0.3 is 0 Å². The Bertz CT molecular complexity index is 487. The molecule has 0 amide bonds. The summed E-state index contributed by atoms with van der Waals surface area (Å²) in [6.07, 6.45) is 1.80. The second kappa shape index (κ2) is 6.10. The first-order valence-electron chi connectivity index (χ1n) is 7.07. The van der Waals surface area contributed by atoms with Gasteiger partial charge in [0.1, 0.15) is 5.54 Å². The second-order valence-corrected chi connectivity index (χ2v) is 5.40. The zero-order chi connectivity index (χ0) is 14.6. The van der Waals surface area contributed by atoms with Gasteiger partial charge in [0.2, 0.25) is 0 Å². The van der Waals surface area contributed by atoms with Crippen LogP contribution in [-0.4, -0.2) is 48.2 Å². The highest BCUT2D eigenvalue weighted by atomic mass is 16.5. The van der Waals surface area contributed by atoms with Crippen molar-refractivity contribution in [1.29, 1.82) is 5.26 Å². The van der Waals surface area contributed by atoms with Crippen LogP contribution in [0.25, 0.3) is 0 Å². The standard InChI is InChI=1S/C15H22N4O/c1-4-20-13-6-5-7-17-14(13)18-8-10-19(11-9-18)15(2,3)12-16/h5-7H,4,8-11H2,1-3H3. The van der Waals surface area contributed by atoms with E-state index in [0.717, 1.165) is 37.7 Å². The number of anilines is 1. The van der Waals surface area contributed by atoms with Crippen molar-refractivity contribution in [2.24, 2.45) is 0 Å². The molecule has 5 nitrogen and oxygen atoms in total. The van der Waals surface area contributed by atoms with E-state index in [2.05, 4.69) is 20.9 Å². The molecule has 108 valence electrons. The lowest BCUT2D eigenvalue weighted by Crippen LogP contribution is -2.54. The molecule has 0 N–H and O–H groups in total. The van der Waals surface area contributed by atoms with Crippen LogP contribution in [0.1, 0.15) is 20.8 Å². The van der Waals surface area contributed by atoms with Gasteiger partial charge < -0.3 is 9.64 Å². The van der Waals surface area contributed by atoms with Gasteiger partial charge in [-0.1, -0.05) is 0 Å². The van der Waals surface area contributed by atoms with Gasteiger partial charge in [-0.05, 0) is 32.9 Å². The Morgan fingerprint density at radius 2 is 2.05 bits per heavy atom. The maximum Gasteiger partial charge on any atom is 0.171 e. The van der Waals surface area contributed by atoms with Crippen LogP contribution in [0.15, 0.2) is 18.3 Å². The van der Waals surface area contributed by atoms with Gasteiger partial charge in [0, 0.05) is 32.4 Å². The Morgan fingerprint density at radius 1 is 1.35 bits per heavy atom. The number of rotatable bonds is 4. The molecule has 1 aliphatic heterocycles. The maximum atomic E-state index is 9.21. The number of aromatic nitrogens is 1. The van der Waals surface area contributed by atoms with Crippen LogP contribution in [0.2, 0.25) is 0 Å². The maximum absolute atomic E-state index is 9.21. The van der Waals surface area contributed by atoms with Crippen molar-refractivity contribution in [3.63, 3.8) is 0 Å². The van der Waals surface area contributed by atoms with Crippen LogP contribution in [0.5, 0.6) is 5.75 Å². The van der Waals surface area contributed by atoms with E-state index >= 15 is 0 Å². The molecule has 20 heavy (non-hydrogen) atoms.